The molecule has 0 amide bonds. The minimum Gasteiger partial charge on any atom is -0.310 e. The van der Waals surface area contributed by atoms with E-state index in [4.69, 9.17) is 0 Å². The first-order chi connectivity index (χ1) is 53.9. The zero-order chi connectivity index (χ0) is 73.3. The van der Waals surface area contributed by atoms with Gasteiger partial charge < -0.3 is 4.90 Å². The molecule has 1 atom stereocenters. The maximum absolute atomic E-state index is 2.64. The minimum absolute atomic E-state index is 0.0516. The number of benzene rings is 16. The molecule has 520 valence electrons. The maximum Gasteiger partial charge on any atom is 0.0746 e. The van der Waals surface area contributed by atoms with Gasteiger partial charge in [0.05, 0.1) is 22.2 Å². The van der Waals surface area contributed by atoms with Crippen LogP contribution < -0.4 is 4.90 Å². The third kappa shape index (κ3) is 8.21. The molecule has 0 bridgehead atoms. The van der Waals surface area contributed by atoms with E-state index in [0.717, 1.165) is 17.8 Å². The number of nitrogens with zero attached hydrogens (tertiary/aromatic N) is 1. The van der Waals surface area contributed by atoms with Crippen molar-refractivity contribution in [3.8, 4) is 100 Å². The van der Waals surface area contributed by atoms with Crippen molar-refractivity contribution in [3.05, 3.63) is 446 Å². The Kier molecular flexibility index (Phi) is 13.1. The lowest BCUT2D eigenvalue weighted by Crippen LogP contribution is -2.28. The van der Waals surface area contributed by atoms with Gasteiger partial charge in [-0.15, -0.1) is 0 Å². The SMILES string of the molecule is CC1(C)c2cc(-c3cccc4c3C(C)(C)c3cc(C(Cc5ccc6c(c5)-c5ccccc5C65c6ccccc6-c6ccccc65)c5cccc6c5C(C)(C)c5ccccc5-6)ccc3-4)ccc2-c2ccc(N(c3ccccc3-c3ccccc3)c3cccc4c3C3(c5ccccc5-c5ccccc53)c3ccccc3-4)cc21. The van der Waals surface area contributed by atoms with Gasteiger partial charge in [0.2, 0.25) is 0 Å². The third-order valence-corrected chi connectivity index (χ3v) is 27.3. The number of fused-ring (bicyclic) bond motifs is 29. The van der Waals surface area contributed by atoms with Crippen molar-refractivity contribution in [1.29, 1.82) is 0 Å². The van der Waals surface area contributed by atoms with Crippen LogP contribution in [0, 0.1) is 0 Å². The van der Waals surface area contributed by atoms with Crippen molar-refractivity contribution < 1.29 is 0 Å². The highest BCUT2D eigenvalue weighted by molar-refractivity contribution is 6.03. The van der Waals surface area contributed by atoms with Gasteiger partial charge in [-0.2, -0.15) is 0 Å². The van der Waals surface area contributed by atoms with Crippen molar-refractivity contribution >= 4 is 17.1 Å². The zero-order valence-electron chi connectivity index (χ0n) is 62.7. The summed E-state index contributed by atoms with van der Waals surface area (Å²) in [7, 11) is 0. The maximum atomic E-state index is 2.64. The van der Waals surface area contributed by atoms with Gasteiger partial charge in [0, 0.05) is 39.0 Å². The highest BCUT2D eigenvalue weighted by atomic mass is 15.2. The molecule has 0 heterocycles. The standard InChI is InChI=1S/C109H79N/c1-105(2)97-63-68(54-57-80(97)81-59-56-70(65-99(81)105)110(100-51-25-17-31-71(100)67-29-8-7-9-30-67)101-52-28-43-85-78-37-15-24-50-95(78)109(104(85)101)93-48-22-13-34-75(93)76-35-14-23-49-94(76)109)72-39-26-40-84-82-58-55-69(64-98(82)107(5,6)102(72)84)87(86-42-27-41-83-77-36-10-18-44-89(77)106(3,4)103(83)86)61-66-53-60-96-88(62-66)79-38-16-21-47-92(79)108(96)90-45-19-11-32-73(90)74-33-12-20-46-91(74)108/h7-60,62-65,87H,61H2,1-6H3. The first kappa shape index (κ1) is 63.4. The predicted octanol–water partition coefficient (Wildman–Crippen LogP) is 27.5. The third-order valence-electron chi connectivity index (χ3n) is 27.3. The highest BCUT2D eigenvalue weighted by Crippen LogP contribution is 2.68. The Hall–Kier alpha value is -12.7. The van der Waals surface area contributed by atoms with Crippen LogP contribution in [-0.2, 0) is 33.5 Å². The summed E-state index contributed by atoms with van der Waals surface area (Å²) in [5.74, 6) is 0.0516. The summed E-state index contributed by atoms with van der Waals surface area (Å²) in [5.41, 5.74) is 48.3. The lowest BCUT2D eigenvalue weighted by atomic mass is 9.70. The van der Waals surface area contributed by atoms with Crippen LogP contribution in [0.25, 0.3) is 100 Å². The fourth-order valence-electron chi connectivity index (χ4n) is 22.7. The predicted molar refractivity (Wildman–Crippen MR) is 456 cm³/mol. The second kappa shape index (κ2) is 22.7. The molecule has 1 unspecified atom stereocenters. The average molecular weight is 1400 g/mol. The normalized spacial score (nSPS) is 15.7. The van der Waals surface area contributed by atoms with Crippen LogP contribution in [0.2, 0.25) is 0 Å². The van der Waals surface area contributed by atoms with Crippen molar-refractivity contribution in [2.75, 3.05) is 4.90 Å². The molecule has 16 aromatic carbocycles. The van der Waals surface area contributed by atoms with Gasteiger partial charge >= 0.3 is 0 Å². The van der Waals surface area contributed by atoms with E-state index >= 15 is 0 Å². The lowest BCUT2D eigenvalue weighted by molar-refractivity contribution is 0.637. The molecule has 2 spiro atoms. The van der Waals surface area contributed by atoms with Crippen LogP contribution in [0.1, 0.15) is 142 Å². The van der Waals surface area contributed by atoms with Gasteiger partial charge in [0.15, 0.2) is 0 Å². The zero-order valence-corrected chi connectivity index (χ0v) is 62.7. The van der Waals surface area contributed by atoms with E-state index in [2.05, 4.69) is 398 Å². The topological polar surface area (TPSA) is 3.24 Å². The van der Waals surface area contributed by atoms with E-state index in [9.17, 15) is 0 Å². The Morgan fingerprint density at radius 3 is 1.25 bits per heavy atom. The Balaban J connectivity index is 0.640. The van der Waals surface area contributed by atoms with Crippen LogP contribution in [0.5, 0.6) is 0 Å². The van der Waals surface area contributed by atoms with Crippen LogP contribution in [0.4, 0.5) is 17.1 Å². The number of rotatable bonds is 9. The Morgan fingerprint density at radius 1 is 0.227 bits per heavy atom. The Morgan fingerprint density at radius 2 is 0.627 bits per heavy atom. The molecule has 0 saturated heterocycles. The molecule has 0 fully saturated rings. The molecule has 16 aromatic rings. The molecule has 23 rings (SSSR count). The van der Waals surface area contributed by atoms with Crippen LogP contribution in [0.3, 0.4) is 0 Å². The Labute approximate surface area is 645 Å². The summed E-state index contributed by atoms with van der Waals surface area (Å²) < 4.78 is 0. The molecular weight excluding hydrogens is 1320 g/mol. The van der Waals surface area contributed by atoms with Crippen molar-refractivity contribution in [2.24, 2.45) is 0 Å². The molecule has 1 nitrogen and oxygen atoms in total. The van der Waals surface area contributed by atoms with Gasteiger partial charge in [0.25, 0.3) is 0 Å². The largest absolute Gasteiger partial charge is 0.310 e. The van der Waals surface area contributed by atoms with Crippen molar-refractivity contribution in [3.63, 3.8) is 0 Å². The van der Waals surface area contributed by atoms with Gasteiger partial charge in [0.1, 0.15) is 0 Å². The smallest absolute Gasteiger partial charge is 0.0746 e. The molecule has 0 radical (unpaired) electrons. The van der Waals surface area contributed by atoms with E-state index < -0.39 is 10.8 Å². The molecule has 7 aliphatic rings. The molecule has 7 aliphatic carbocycles. The quantitative estimate of drug-likeness (QED) is 0.139. The second-order valence-corrected chi connectivity index (χ2v) is 33.5. The van der Waals surface area contributed by atoms with E-state index in [1.54, 1.807) is 0 Å². The Bertz CT molecular complexity index is 6580. The molecule has 0 aromatic heterocycles. The van der Waals surface area contributed by atoms with E-state index in [1.165, 1.54) is 200 Å². The monoisotopic (exact) mass is 1400 g/mol. The number of hydrogen-bond donors (Lipinski definition) is 0. The highest BCUT2D eigenvalue weighted by Gasteiger charge is 2.55. The molecule has 0 N–H and O–H groups in total. The van der Waals surface area contributed by atoms with Gasteiger partial charge in [-0.25, -0.2) is 0 Å². The summed E-state index contributed by atoms with van der Waals surface area (Å²) in [6.45, 7) is 14.8. The summed E-state index contributed by atoms with van der Waals surface area (Å²) >= 11 is 0. The van der Waals surface area contributed by atoms with Crippen LogP contribution >= 0.6 is 0 Å². The molecule has 110 heavy (non-hydrogen) atoms. The van der Waals surface area contributed by atoms with E-state index in [0.29, 0.717) is 0 Å². The second-order valence-electron chi connectivity index (χ2n) is 33.5. The number of anilines is 3. The fraction of sp³-hybridized carbons (Fsp3) is 0.119. The summed E-state index contributed by atoms with van der Waals surface area (Å²) in [4.78, 5) is 2.62. The van der Waals surface area contributed by atoms with Gasteiger partial charge in [-0.1, -0.05) is 363 Å². The van der Waals surface area contributed by atoms with Crippen molar-refractivity contribution in [1.82, 2.24) is 0 Å². The first-order valence-electron chi connectivity index (χ1n) is 39.5. The van der Waals surface area contributed by atoms with Crippen LogP contribution in [-0.4, -0.2) is 0 Å². The molecule has 0 aliphatic heterocycles. The molecule has 0 saturated carbocycles. The van der Waals surface area contributed by atoms with Crippen LogP contribution in [0.15, 0.2) is 352 Å². The number of para-hydroxylation sites is 1. The van der Waals surface area contributed by atoms with Gasteiger partial charge in [-0.3, -0.25) is 0 Å². The number of hydrogen-bond acceptors (Lipinski definition) is 1. The van der Waals surface area contributed by atoms with E-state index in [-0.39, 0.29) is 22.2 Å². The van der Waals surface area contributed by atoms with Crippen molar-refractivity contribution in [2.45, 2.75) is 81.0 Å². The first-order valence-corrected chi connectivity index (χ1v) is 39.5. The summed E-state index contributed by atoms with van der Waals surface area (Å²) in [5, 5.41) is 0. The average Bonchev–Trinajstić information content (AvgIpc) is 1.51. The lowest BCUT2D eigenvalue weighted by Gasteiger charge is -2.36. The van der Waals surface area contributed by atoms with E-state index in [1.807, 2.05) is 0 Å². The van der Waals surface area contributed by atoms with Gasteiger partial charge in [-0.05, 0) is 220 Å². The summed E-state index contributed by atoms with van der Waals surface area (Å²) in [6.07, 6.45) is 0.845. The minimum atomic E-state index is -0.565. The molecular formula is C109H79N. The summed E-state index contributed by atoms with van der Waals surface area (Å²) in [6, 6.07) is 136. The fourth-order valence-corrected chi connectivity index (χ4v) is 22.7. The molecule has 1 heteroatoms.